The zero-order valence-electron chi connectivity index (χ0n) is 9.37. The van der Waals surface area contributed by atoms with Crippen molar-refractivity contribution in [2.75, 3.05) is 11.9 Å². The van der Waals surface area contributed by atoms with Gasteiger partial charge in [-0.05, 0) is 0 Å². The van der Waals surface area contributed by atoms with E-state index >= 15 is 0 Å². The highest BCUT2D eigenvalue weighted by Crippen LogP contribution is 2.05. The molecule has 0 aliphatic heterocycles. The van der Waals surface area contributed by atoms with E-state index in [0.29, 0.717) is 18.9 Å². The summed E-state index contributed by atoms with van der Waals surface area (Å²) in [5.41, 5.74) is 5.62. The molecule has 2 rings (SSSR count). The van der Waals surface area contributed by atoms with Crippen molar-refractivity contribution >= 4 is 11.7 Å². The molecule has 0 aromatic carbocycles. The quantitative estimate of drug-likeness (QED) is 0.723. The zero-order valence-corrected chi connectivity index (χ0v) is 9.37. The van der Waals surface area contributed by atoms with E-state index in [4.69, 9.17) is 5.73 Å². The average molecular weight is 235 g/mol. The molecule has 0 bridgehead atoms. The van der Waals surface area contributed by atoms with E-state index in [1.54, 1.807) is 30.2 Å². The molecule has 0 fully saturated rings. The monoisotopic (exact) mass is 235 g/mol. The van der Waals surface area contributed by atoms with E-state index in [1.165, 1.54) is 4.68 Å². The van der Waals surface area contributed by atoms with Crippen molar-refractivity contribution in [3.63, 3.8) is 0 Å². The van der Waals surface area contributed by atoms with Crippen molar-refractivity contribution in [1.29, 1.82) is 0 Å². The molecule has 0 aliphatic rings. The Labute approximate surface area is 97.4 Å². The SMILES string of the molecule is Cn1nccc1NC(=O)c1cn(CCN)nn1. The summed E-state index contributed by atoms with van der Waals surface area (Å²) in [5.74, 6) is 0.278. The van der Waals surface area contributed by atoms with E-state index < -0.39 is 0 Å². The van der Waals surface area contributed by atoms with Gasteiger partial charge in [-0.3, -0.25) is 14.2 Å². The summed E-state index contributed by atoms with van der Waals surface area (Å²) >= 11 is 0. The summed E-state index contributed by atoms with van der Waals surface area (Å²) in [5, 5.41) is 14.2. The number of carbonyl (C=O) groups excluding carboxylic acids is 1. The van der Waals surface area contributed by atoms with E-state index in [9.17, 15) is 4.79 Å². The van der Waals surface area contributed by atoms with Gasteiger partial charge in [-0.15, -0.1) is 5.10 Å². The molecule has 0 radical (unpaired) electrons. The van der Waals surface area contributed by atoms with Gasteiger partial charge < -0.3 is 11.1 Å². The number of aryl methyl sites for hydroxylation is 1. The van der Waals surface area contributed by atoms with Gasteiger partial charge in [-0.1, -0.05) is 5.21 Å². The van der Waals surface area contributed by atoms with Crippen LogP contribution in [-0.4, -0.2) is 37.2 Å². The van der Waals surface area contributed by atoms with Gasteiger partial charge in [0.2, 0.25) is 0 Å². The van der Waals surface area contributed by atoms with E-state index in [0.717, 1.165) is 0 Å². The van der Waals surface area contributed by atoms with Crippen molar-refractivity contribution in [3.8, 4) is 0 Å². The summed E-state index contributed by atoms with van der Waals surface area (Å²) in [6, 6.07) is 1.70. The molecular formula is C9H13N7O. The van der Waals surface area contributed by atoms with E-state index in [2.05, 4.69) is 20.7 Å². The van der Waals surface area contributed by atoms with Crippen molar-refractivity contribution in [2.45, 2.75) is 6.54 Å². The number of nitrogens with zero attached hydrogens (tertiary/aromatic N) is 5. The zero-order chi connectivity index (χ0) is 12.3. The molecule has 0 aliphatic carbocycles. The molecule has 2 aromatic rings. The Morgan fingerprint density at radius 2 is 2.41 bits per heavy atom. The lowest BCUT2D eigenvalue weighted by Crippen LogP contribution is -2.15. The smallest absolute Gasteiger partial charge is 0.278 e. The van der Waals surface area contributed by atoms with Gasteiger partial charge in [-0.25, -0.2) is 0 Å². The first kappa shape index (κ1) is 11.3. The Morgan fingerprint density at radius 3 is 3.06 bits per heavy atom. The van der Waals surface area contributed by atoms with Crippen LogP contribution in [0.15, 0.2) is 18.5 Å². The topological polar surface area (TPSA) is 104 Å². The Hall–Kier alpha value is -2.22. The van der Waals surface area contributed by atoms with Gasteiger partial charge in [-0.2, -0.15) is 5.10 Å². The van der Waals surface area contributed by atoms with Gasteiger partial charge in [0.05, 0.1) is 18.9 Å². The minimum absolute atomic E-state index is 0.250. The molecule has 2 heterocycles. The van der Waals surface area contributed by atoms with Gasteiger partial charge in [0.1, 0.15) is 5.82 Å². The number of carbonyl (C=O) groups is 1. The number of hydrogen-bond donors (Lipinski definition) is 2. The Kier molecular flexibility index (Phi) is 3.15. The van der Waals surface area contributed by atoms with Crippen LogP contribution >= 0.6 is 0 Å². The first-order valence-electron chi connectivity index (χ1n) is 5.10. The van der Waals surface area contributed by atoms with E-state index in [-0.39, 0.29) is 11.6 Å². The lowest BCUT2D eigenvalue weighted by Gasteiger charge is -2.01. The number of nitrogens with one attached hydrogen (secondary N) is 1. The van der Waals surface area contributed by atoms with Crippen LogP contribution in [-0.2, 0) is 13.6 Å². The summed E-state index contributed by atoms with van der Waals surface area (Å²) in [4.78, 5) is 11.8. The molecule has 0 atom stereocenters. The number of anilines is 1. The van der Waals surface area contributed by atoms with Gasteiger partial charge in [0.15, 0.2) is 5.69 Å². The molecule has 1 amide bonds. The van der Waals surface area contributed by atoms with Gasteiger partial charge in [0, 0.05) is 19.7 Å². The minimum Gasteiger partial charge on any atom is -0.329 e. The normalized spacial score (nSPS) is 10.5. The van der Waals surface area contributed by atoms with Crippen LogP contribution in [0.4, 0.5) is 5.82 Å². The maximum atomic E-state index is 11.8. The highest BCUT2D eigenvalue weighted by atomic mass is 16.2. The number of nitrogens with two attached hydrogens (primary N) is 1. The molecule has 0 unspecified atom stereocenters. The van der Waals surface area contributed by atoms with Gasteiger partial charge >= 0.3 is 0 Å². The third-order valence-electron chi connectivity index (χ3n) is 2.19. The molecule has 0 spiro atoms. The van der Waals surface area contributed by atoms with Crippen LogP contribution in [0.1, 0.15) is 10.5 Å². The van der Waals surface area contributed by atoms with Crippen LogP contribution in [0.5, 0.6) is 0 Å². The summed E-state index contributed by atoms with van der Waals surface area (Å²) in [6.45, 7) is 0.984. The third kappa shape index (κ3) is 2.48. The highest BCUT2D eigenvalue weighted by molar-refractivity contribution is 6.02. The standard InChI is InChI=1S/C9H13N7O/c1-15-8(2-4-11-15)12-9(17)7-6-16(5-3-10)14-13-7/h2,4,6H,3,5,10H2,1H3,(H,12,17). The Bertz CT molecular complexity index is 515. The molecule has 2 aromatic heterocycles. The lowest BCUT2D eigenvalue weighted by molar-refractivity contribution is 0.102. The number of amides is 1. The van der Waals surface area contributed by atoms with Crippen molar-refractivity contribution < 1.29 is 4.79 Å². The second kappa shape index (κ2) is 4.74. The molecule has 90 valence electrons. The fraction of sp³-hybridized carbons (Fsp3) is 0.333. The van der Waals surface area contributed by atoms with Crippen LogP contribution in [0.2, 0.25) is 0 Å². The van der Waals surface area contributed by atoms with Crippen molar-refractivity contribution in [1.82, 2.24) is 24.8 Å². The van der Waals surface area contributed by atoms with Crippen LogP contribution in [0, 0.1) is 0 Å². The Morgan fingerprint density at radius 1 is 1.59 bits per heavy atom. The van der Waals surface area contributed by atoms with Gasteiger partial charge in [0.25, 0.3) is 5.91 Å². The average Bonchev–Trinajstić information content (AvgIpc) is 2.90. The summed E-state index contributed by atoms with van der Waals surface area (Å²) in [6.07, 6.45) is 3.15. The second-order valence-corrected chi connectivity index (χ2v) is 3.45. The summed E-state index contributed by atoms with van der Waals surface area (Å²) < 4.78 is 3.08. The molecule has 17 heavy (non-hydrogen) atoms. The molecular weight excluding hydrogens is 222 g/mol. The fourth-order valence-electron chi connectivity index (χ4n) is 1.32. The summed E-state index contributed by atoms with van der Waals surface area (Å²) in [7, 11) is 1.74. The maximum Gasteiger partial charge on any atom is 0.278 e. The van der Waals surface area contributed by atoms with E-state index in [1.807, 2.05) is 0 Å². The number of hydrogen-bond acceptors (Lipinski definition) is 5. The fourth-order valence-corrected chi connectivity index (χ4v) is 1.32. The predicted octanol–water partition coefficient (Wildman–Crippen LogP) is -0.777. The Balaban J connectivity index is 2.07. The molecule has 0 saturated carbocycles. The maximum absolute atomic E-state index is 11.8. The molecule has 0 saturated heterocycles. The highest BCUT2D eigenvalue weighted by Gasteiger charge is 2.12. The molecule has 8 nitrogen and oxygen atoms in total. The molecule has 3 N–H and O–H groups in total. The number of rotatable bonds is 4. The lowest BCUT2D eigenvalue weighted by atomic mass is 10.4. The first-order chi connectivity index (χ1) is 8.20. The van der Waals surface area contributed by atoms with Crippen molar-refractivity contribution in [2.24, 2.45) is 12.8 Å². The third-order valence-corrected chi connectivity index (χ3v) is 2.19. The van der Waals surface area contributed by atoms with Crippen molar-refractivity contribution in [3.05, 3.63) is 24.2 Å². The van der Waals surface area contributed by atoms with Crippen LogP contribution in [0.25, 0.3) is 0 Å². The first-order valence-corrected chi connectivity index (χ1v) is 5.10. The largest absolute Gasteiger partial charge is 0.329 e. The van der Waals surface area contributed by atoms with Crippen LogP contribution in [0.3, 0.4) is 0 Å². The predicted molar refractivity (Wildman–Crippen MR) is 60.2 cm³/mol. The number of aromatic nitrogens is 5. The molecule has 8 heteroatoms. The second-order valence-electron chi connectivity index (χ2n) is 3.45. The minimum atomic E-state index is -0.322. The van der Waals surface area contributed by atoms with Crippen LogP contribution < -0.4 is 11.1 Å².